The number of halogens is 3. The molecule has 0 radical (unpaired) electrons. The molecular formula is C9H11F3N2O2. The van der Waals surface area contributed by atoms with Crippen LogP contribution in [-0.2, 0) is 6.18 Å². The molecule has 0 atom stereocenters. The molecule has 0 aliphatic heterocycles. The minimum atomic E-state index is -4.57. The first-order valence-electron chi connectivity index (χ1n) is 4.60. The molecule has 0 fully saturated rings. The Labute approximate surface area is 89.6 Å². The average molecular weight is 236 g/mol. The van der Waals surface area contributed by atoms with E-state index in [0.29, 0.717) is 19.5 Å². The summed E-state index contributed by atoms with van der Waals surface area (Å²) < 4.78 is 40.8. The molecule has 7 heteroatoms. The van der Waals surface area contributed by atoms with Crippen molar-refractivity contribution in [3.63, 3.8) is 0 Å². The van der Waals surface area contributed by atoms with Gasteiger partial charge in [-0.2, -0.15) is 13.2 Å². The molecular weight excluding hydrogens is 225 g/mol. The Hall–Kier alpha value is -1.50. The molecule has 90 valence electrons. The minimum absolute atomic E-state index is 0.303. The van der Waals surface area contributed by atoms with Crippen LogP contribution in [0.3, 0.4) is 0 Å². The Bertz CT molecular complexity index is 360. The first-order valence-corrected chi connectivity index (χ1v) is 4.60. The number of hydrogen-bond donors (Lipinski definition) is 2. The molecule has 4 nitrogen and oxygen atoms in total. The van der Waals surface area contributed by atoms with E-state index in [1.165, 1.54) is 0 Å². The molecule has 1 heterocycles. The van der Waals surface area contributed by atoms with Crippen molar-refractivity contribution in [2.45, 2.75) is 12.6 Å². The van der Waals surface area contributed by atoms with Gasteiger partial charge in [0.2, 0.25) is 5.76 Å². The molecule has 16 heavy (non-hydrogen) atoms. The zero-order valence-corrected chi connectivity index (χ0v) is 8.30. The summed E-state index contributed by atoms with van der Waals surface area (Å²) in [7, 11) is 0. The summed E-state index contributed by atoms with van der Waals surface area (Å²) in [6.07, 6.45) is -4.02. The van der Waals surface area contributed by atoms with Crippen LogP contribution >= 0.6 is 0 Å². The van der Waals surface area contributed by atoms with E-state index in [0.717, 1.165) is 12.1 Å². The third kappa shape index (κ3) is 3.27. The number of alkyl halides is 3. The maximum atomic E-state index is 12.1. The Morgan fingerprint density at radius 1 is 1.44 bits per heavy atom. The summed E-state index contributed by atoms with van der Waals surface area (Å²) in [6, 6.07) is 1.71. The van der Waals surface area contributed by atoms with Gasteiger partial charge in [0.1, 0.15) is 0 Å². The highest BCUT2D eigenvalue weighted by atomic mass is 19.4. The number of hydrogen-bond acceptors (Lipinski definition) is 3. The molecule has 0 bridgehead atoms. The normalized spacial score (nSPS) is 11.5. The Morgan fingerprint density at radius 2 is 2.12 bits per heavy atom. The van der Waals surface area contributed by atoms with Gasteiger partial charge in [-0.1, -0.05) is 0 Å². The van der Waals surface area contributed by atoms with E-state index in [9.17, 15) is 18.0 Å². The first-order chi connectivity index (χ1) is 7.45. The largest absolute Gasteiger partial charge is 0.449 e. The van der Waals surface area contributed by atoms with Gasteiger partial charge in [0, 0.05) is 6.54 Å². The van der Waals surface area contributed by atoms with Crippen LogP contribution < -0.4 is 11.1 Å². The van der Waals surface area contributed by atoms with E-state index in [2.05, 4.69) is 9.73 Å². The summed E-state index contributed by atoms with van der Waals surface area (Å²) in [6.45, 7) is 0.698. The zero-order chi connectivity index (χ0) is 12.2. The van der Waals surface area contributed by atoms with Gasteiger partial charge in [0.25, 0.3) is 5.91 Å². The van der Waals surface area contributed by atoms with Gasteiger partial charge < -0.3 is 15.5 Å². The third-order valence-corrected chi connectivity index (χ3v) is 1.78. The lowest BCUT2D eigenvalue weighted by atomic mass is 10.4. The molecule has 0 unspecified atom stereocenters. The van der Waals surface area contributed by atoms with E-state index >= 15 is 0 Å². The van der Waals surface area contributed by atoms with Crippen molar-refractivity contribution in [1.82, 2.24) is 5.32 Å². The number of amides is 1. The van der Waals surface area contributed by atoms with E-state index in [1.807, 2.05) is 0 Å². The van der Waals surface area contributed by atoms with Crippen LogP contribution in [0.1, 0.15) is 22.7 Å². The lowest BCUT2D eigenvalue weighted by Crippen LogP contribution is -2.25. The molecule has 0 saturated carbocycles. The lowest BCUT2D eigenvalue weighted by Gasteiger charge is -2.02. The van der Waals surface area contributed by atoms with Gasteiger partial charge in [-0.15, -0.1) is 0 Å². The number of furan rings is 1. The summed E-state index contributed by atoms with van der Waals surface area (Å²) in [4.78, 5) is 11.2. The fourth-order valence-corrected chi connectivity index (χ4v) is 1.00. The van der Waals surface area contributed by atoms with Gasteiger partial charge in [0.05, 0.1) is 0 Å². The average Bonchev–Trinajstić information content (AvgIpc) is 2.66. The van der Waals surface area contributed by atoms with Gasteiger partial charge >= 0.3 is 6.18 Å². The maximum Gasteiger partial charge on any atom is 0.449 e. The van der Waals surface area contributed by atoms with Crippen LogP contribution in [-0.4, -0.2) is 19.0 Å². The smallest absolute Gasteiger partial charge is 0.446 e. The third-order valence-electron chi connectivity index (χ3n) is 1.78. The van der Waals surface area contributed by atoms with Crippen LogP contribution in [0.5, 0.6) is 0 Å². The molecule has 1 rings (SSSR count). The van der Waals surface area contributed by atoms with Crippen molar-refractivity contribution in [2.75, 3.05) is 13.1 Å². The van der Waals surface area contributed by atoms with Gasteiger partial charge in [-0.25, -0.2) is 0 Å². The molecule has 1 amide bonds. The molecule has 0 saturated heterocycles. The van der Waals surface area contributed by atoms with Crippen molar-refractivity contribution in [1.29, 1.82) is 0 Å². The van der Waals surface area contributed by atoms with Crippen molar-refractivity contribution in [3.8, 4) is 0 Å². The van der Waals surface area contributed by atoms with Crippen LogP contribution in [0.25, 0.3) is 0 Å². The number of carbonyl (C=O) groups excluding carboxylic acids is 1. The van der Waals surface area contributed by atoms with E-state index in [-0.39, 0.29) is 5.76 Å². The second-order valence-corrected chi connectivity index (χ2v) is 3.06. The highest BCUT2D eigenvalue weighted by Gasteiger charge is 2.35. The maximum absolute atomic E-state index is 12.1. The topological polar surface area (TPSA) is 68.3 Å². The Balaban J connectivity index is 2.60. The first kappa shape index (κ1) is 12.6. The minimum Gasteiger partial charge on any atom is -0.446 e. The summed E-state index contributed by atoms with van der Waals surface area (Å²) in [5.41, 5.74) is 5.19. The fourth-order valence-electron chi connectivity index (χ4n) is 1.00. The van der Waals surface area contributed by atoms with Crippen molar-refractivity contribution >= 4 is 5.91 Å². The number of nitrogens with one attached hydrogen (secondary N) is 1. The molecule has 1 aromatic rings. The van der Waals surface area contributed by atoms with E-state index in [1.54, 1.807) is 0 Å². The molecule has 0 spiro atoms. The van der Waals surface area contributed by atoms with Crippen LogP contribution in [0.15, 0.2) is 16.5 Å². The Morgan fingerprint density at radius 3 is 2.62 bits per heavy atom. The van der Waals surface area contributed by atoms with E-state index in [4.69, 9.17) is 5.73 Å². The Kier molecular flexibility index (Phi) is 3.94. The van der Waals surface area contributed by atoms with Crippen LogP contribution in [0, 0.1) is 0 Å². The van der Waals surface area contributed by atoms with Crippen LogP contribution in [0.4, 0.5) is 13.2 Å². The molecule has 0 aliphatic carbocycles. The fraction of sp³-hybridized carbons (Fsp3) is 0.444. The second kappa shape index (κ2) is 5.02. The van der Waals surface area contributed by atoms with Crippen molar-refractivity contribution in [2.24, 2.45) is 5.73 Å². The standard InChI is InChI=1S/C9H11F3N2O2/c10-9(11,12)7-3-2-6(16-7)8(15)14-5-1-4-13/h2-3H,1,4-5,13H2,(H,14,15). The lowest BCUT2D eigenvalue weighted by molar-refractivity contribution is -0.153. The van der Waals surface area contributed by atoms with Crippen molar-refractivity contribution < 1.29 is 22.4 Å². The molecule has 0 aromatic carbocycles. The highest BCUT2D eigenvalue weighted by Crippen LogP contribution is 2.30. The summed E-state index contributed by atoms with van der Waals surface area (Å²) in [5.74, 6) is -2.22. The molecule has 0 aliphatic rings. The predicted molar refractivity (Wildman–Crippen MR) is 49.7 cm³/mol. The molecule has 3 N–H and O–H groups in total. The summed E-state index contributed by atoms with van der Waals surface area (Å²) in [5, 5.41) is 2.38. The zero-order valence-electron chi connectivity index (χ0n) is 8.30. The highest BCUT2D eigenvalue weighted by molar-refractivity contribution is 5.91. The van der Waals surface area contributed by atoms with Gasteiger partial charge in [-0.3, -0.25) is 4.79 Å². The van der Waals surface area contributed by atoms with Gasteiger partial charge in [-0.05, 0) is 25.1 Å². The molecule has 1 aromatic heterocycles. The van der Waals surface area contributed by atoms with Crippen LogP contribution in [0.2, 0.25) is 0 Å². The van der Waals surface area contributed by atoms with Gasteiger partial charge in [0.15, 0.2) is 5.76 Å². The van der Waals surface area contributed by atoms with Crippen molar-refractivity contribution in [3.05, 3.63) is 23.7 Å². The number of rotatable bonds is 4. The second-order valence-electron chi connectivity index (χ2n) is 3.06. The number of carbonyl (C=O) groups is 1. The quantitative estimate of drug-likeness (QED) is 0.776. The number of nitrogens with two attached hydrogens (primary N) is 1. The summed E-state index contributed by atoms with van der Waals surface area (Å²) >= 11 is 0. The predicted octanol–water partition coefficient (Wildman–Crippen LogP) is 1.38. The van der Waals surface area contributed by atoms with E-state index < -0.39 is 17.8 Å². The SMILES string of the molecule is NCCCNC(=O)c1ccc(C(F)(F)F)o1. The monoisotopic (exact) mass is 236 g/mol.